The van der Waals surface area contributed by atoms with Gasteiger partial charge < -0.3 is 10.0 Å². The summed E-state index contributed by atoms with van der Waals surface area (Å²) in [6.45, 7) is 4.46. The number of hydrogen-bond donors (Lipinski definition) is 1. The predicted molar refractivity (Wildman–Crippen MR) is 80.1 cm³/mol. The minimum absolute atomic E-state index is 0.155. The van der Waals surface area contributed by atoms with Gasteiger partial charge in [0.25, 0.3) is 0 Å². The summed E-state index contributed by atoms with van der Waals surface area (Å²) in [5, 5.41) is 10.0. The van der Waals surface area contributed by atoms with Crippen LogP contribution in [0.4, 0.5) is 0 Å². The molecule has 1 N–H and O–H groups in total. The summed E-state index contributed by atoms with van der Waals surface area (Å²) >= 11 is 0. The molecule has 0 unspecified atom stereocenters. The Bertz CT molecular complexity index is 432. The van der Waals surface area contributed by atoms with E-state index in [1.807, 2.05) is 30.3 Å². The van der Waals surface area contributed by atoms with Gasteiger partial charge >= 0.3 is 0 Å². The molecule has 0 bridgehead atoms. The third-order valence-electron chi connectivity index (χ3n) is 3.61. The number of hydrogen-bond acceptors (Lipinski definition) is 2. The average molecular weight is 275 g/mol. The molecule has 0 atom stereocenters. The predicted octanol–water partition coefficient (Wildman–Crippen LogP) is 2.98. The van der Waals surface area contributed by atoms with E-state index in [0.29, 0.717) is 19.5 Å². The lowest BCUT2D eigenvalue weighted by atomic mass is 10.1. The maximum Gasteiger partial charge on any atom is 0.222 e. The van der Waals surface area contributed by atoms with Gasteiger partial charge in [0, 0.05) is 19.5 Å². The highest BCUT2D eigenvalue weighted by Crippen LogP contribution is 2.33. The van der Waals surface area contributed by atoms with E-state index in [0.717, 1.165) is 17.9 Å². The fourth-order valence-electron chi connectivity index (χ4n) is 2.40. The molecule has 3 nitrogen and oxygen atoms in total. The van der Waals surface area contributed by atoms with Crippen LogP contribution in [0.1, 0.15) is 45.1 Å². The lowest BCUT2D eigenvalue weighted by molar-refractivity contribution is -0.135. The molecule has 2 rings (SSSR count). The number of carbonyl (C=O) groups is 1. The number of aliphatic hydroxyl groups is 1. The molecule has 0 saturated heterocycles. The lowest BCUT2D eigenvalue weighted by Gasteiger charge is -2.29. The molecule has 20 heavy (non-hydrogen) atoms. The molecular weight excluding hydrogens is 250 g/mol. The normalized spacial score (nSPS) is 15.2. The van der Waals surface area contributed by atoms with E-state index < -0.39 is 5.60 Å². The first-order chi connectivity index (χ1) is 9.44. The molecule has 0 aromatic heterocycles. The highest BCUT2D eigenvalue weighted by Gasteiger charge is 2.26. The smallest absolute Gasteiger partial charge is 0.222 e. The number of benzene rings is 1. The lowest BCUT2D eigenvalue weighted by Crippen LogP contribution is -2.41. The van der Waals surface area contributed by atoms with Gasteiger partial charge in [-0.05, 0) is 31.7 Å². The van der Waals surface area contributed by atoms with Crippen molar-refractivity contribution >= 4 is 5.91 Å². The summed E-state index contributed by atoms with van der Waals surface area (Å²) in [6, 6.07) is 9.97. The first-order valence-corrected chi connectivity index (χ1v) is 7.48. The van der Waals surface area contributed by atoms with Crippen molar-refractivity contribution in [2.45, 2.75) is 51.7 Å². The van der Waals surface area contributed by atoms with Crippen LogP contribution in [0.15, 0.2) is 30.3 Å². The van der Waals surface area contributed by atoms with E-state index in [2.05, 4.69) is 0 Å². The van der Waals surface area contributed by atoms with E-state index in [-0.39, 0.29) is 5.91 Å². The van der Waals surface area contributed by atoms with Gasteiger partial charge in [-0.25, -0.2) is 0 Å². The molecule has 1 amide bonds. The molecule has 1 aromatic rings. The van der Waals surface area contributed by atoms with Crippen molar-refractivity contribution in [1.29, 1.82) is 0 Å². The number of carbonyl (C=O) groups excluding carboxylic acids is 1. The van der Waals surface area contributed by atoms with E-state index in [9.17, 15) is 9.90 Å². The molecule has 0 radical (unpaired) electrons. The average Bonchev–Trinajstić information content (AvgIpc) is 3.19. The SMILES string of the molecule is CC(C)(O)CN(Cc1ccccc1)C(=O)CCC1CC1. The second kappa shape index (κ2) is 6.40. The summed E-state index contributed by atoms with van der Waals surface area (Å²) in [5.74, 6) is 0.919. The van der Waals surface area contributed by atoms with Crippen LogP contribution in [-0.4, -0.2) is 28.1 Å². The van der Waals surface area contributed by atoms with Gasteiger partial charge in [0.15, 0.2) is 0 Å². The van der Waals surface area contributed by atoms with Crippen LogP contribution in [-0.2, 0) is 11.3 Å². The van der Waals surface area contributed by atoms with Crippen molar-refractivity contribution in [3.05, 3.63) is 35.9 Å². The first kappa shape index (κ1) is 15.0. The Morgan fingerprint density at radius 2 is 1.95 bits per heavy atom. The van der Waals surface area contributed by atoms with Gasteiger partial charge in [0.1, 0.15) is 0 Å². The molecule has 1 aromatic carbocycles. The third kappa shape index (κ3) is 5.33. The minimum atomic E-state index is -0.857. The fraction of sp³-hybridized carbons (Fsp3) is 0.588. The molecule has 0 heterocycles. The standard InChI is InChI=1S/C17H25NO2/c1-17(2,20)13-18(12-15-6-4-3-5-7-15)16(19)11-10-14-8-9-14/h3-7,14,20H,8-13H2,1-2H3. The van der Waals surface area contributed by atoms with Crippen LogP contribution >= 0.6 is 0 Å². The molecule has 0 spiro atoms. The Morgan fingerprint density at radius 3 is 2.50 bits per heavy atom. The Labute approximate surface area is 121 Å². The molecule has 1 aliphatic carbocycles. The third-order valence-corrected chi connectivity index (χ3v) is 3.61. The van der Waals surface area contributed by atoms with Gasteiger partial charge in [-0.15, -0.1) is 0 Å². The van der Waals surface area contributed by atoms with Crippen LogP contribution in [0.3, 0.4) is 0 Å². The van der Waals surface area contributed by atoms with Crippen LogP contribution in [0.2, 0.25) is 0 Å². The summed E-state index contributed by atoms with van der Waals surface area (Å²) in [4.78, 5) is 14.2. The van der Waals surface area contributed by atoms with Crippen molar-refractivity contribution in [2.24, 2.45) is 5.92 Å². The Kier molecular flexibility index (Phi) is 4.81. The van der Waals surface area contributed by atoms with E-state index in [4.69, 9.17) is 0 Å². The molecule has 3 heteroatoms. The monoisotopic (exact) mass is 275 g/mol. The largest absolute Gasteiger partial charge is 0.389 e. The second-order valence-electron chi connectivity index (χ2n) is 6.53. The van der Waals surface area contributed by atoms with E-state index in [1.165, 1.54) is 12.8 Å². The van der Waals surface area contributed by atoms with Gasteiger partial charge in [-0.3, -0.25) is 4.79 Å². The molecule has 110 valence electrons. The zero-order valence-electron chi connectivity index (χ0n) is 12.5. The van der Waals surface area contributed by atoms with E-state index in [1.54, 1.807) is 18.7 Å². The molecule has 0 aliphatic heterocycles. The van der Waals surface area contributed by atoms with Crippen LogP contribution < -0.4 is 0 Å². The quantitative estimate of drug-likeness (QED) is 0.831. The Balaban J connectivity index is 1.97. The Morgan fingerprint density at radius 1 is 1.30 bits per heavy atom. The number of rotatable bonds is 7. The fourth-order valence-corrected chi connectivity index (χ4v) is 2.40. The molecule has 1 aliphatic rings. The summed E-state index contributed by atoms with van der Waals surface area (Å²) in [6.07, 6.45) is 4.15. The summed E-state index contributed by atoms with van der Waals surface area (Å²) in [7, 11) is 0. The molecule has 1 saturated carbocycles. The maximum atomic E-state index is 12.4. The highest BCUT2D eigenvalue weighted by molar-refractivity contribution is 5.76. The van der Waals surface area contributed by atoms with Gasteiger partial charge in [-0.2, -0.15) is 0 Å². The minimum Gasteiger partial charge on any atom is -0.389 e. The molecular formula is C17H25NO2. The van der Waals surface area contributed by atoms with Gasteiger partial charge in [0.2, 0.25) is 5.91 Å². The van der Waals surface area contributed by atoms with Gasteiger partial charge in [0.05, 0.1) is 5.60 Å². The van der Waals surface area contributed by atoms with Gasteiger partial charge in [-0.1, -0.05) is 43.2 Å². The van der Waals surface area contributed by atoms with Crippen molar-refractivity contribution in [3.8, 4) is 0 Å². The van der Waals surface area contributed by atoms with Crippen LogP contribution in [0.5, 0.6) is 0 Å². The zero-order chi connectivity index (χ0) is 14.6. The van der Waals surface area contributed by atoms with Crippen LogP contribution in [0, 0.1) is 5.92 Å². The molecule has 1 fully saturated rings. The van der Waals surface area contributed by atoms with E-state index >= 15 is 0 Å². The summed E-state index contributed by atoms with van der Waals surface area (Å²) in [5.41, 5.74) is 0.251. The van der Waals surface area contributed by atoms with Crippen LogP contribution in [0.25, 0.3) is 0 Å². The van der Waals surface area contributed by atoms with Crippen molar-refractivity contribution in [2.75, 3.05) is 6.54 Å². The zero-order valence-corrected chi connectivity index (χ0v) is 12.5. The van der Waals surface area contributed by atoms with Crippen molar-refractivity contribution < 1.29 is 9.90 Å². The number of nitrogens with zero attached hydrogens (tertiary/aromatic N) is 1. The Hall–Kier alpha value is -1.35. The topological polar surface area (TPSA) is 40.5 Å². The number of amides is 1. The summed E-state index contributed by atoms with van der Waals surface area (Å²) < 4.78 is 0. The maximum absolute atomic E-state index is 12.4. The van der Waals surface area contributed by atoms with Crippen molar-refractivity contribution in [3.63, 3.8) is 0 Å². The highest BCUT2D eigenvalue weighted by atomic mass is 16.3. The second-order valence-corrected chi connectivity index (χ2v) is 6.53. The van der Waals surface area contributed by atoms with Crippen molar-refractivity contribution in [1.82, 2.24) is 4.90 Å². The first-order valence-electron chi connectivity index (χ1n) is 7.48.